The molecule has 1 aliphatic rings. The minimum Gasteiger partial charge on any atom is -0.321 e. The Morgan fingerprint density at radius 3 is 2.75 bits per heavy atom. The molecule has 1 aliphatic carbocycles. The van der Waals surface area contributed by atoms with Gasteiger partial charge in [-0.2, -0.15) is 5.10 Å². The highest BCUT2D eigenvalue weighted by Gasteiger charge is 2.42. The Bertz CT molecular complexity index is 297. The normalized spacial score (nSPS) is 19.6. The third-order valence-corrected chi connectivity index (χ3v) is 2.73. The van der Waals surface area contributed by atoms with Crippen molar-refractivity contribution in [2.75, 3.05) is 0 Å². The van der Waals surface area contributed by atoms with E-state index in [2.05, 4.69) is 18.9 Å². The van der Waals surface area contributed by atoms with Gasteiger partial charge in [-0.1, -0.05) is 0 Å². The van der Waals surface area contributed by atoms with Crippen molar-refractivity contribution in [2.45, 2.75) is 38.8 Å². The molecule has 0 radical (unpaired) electrons. The van der Waals surface area contributed by atoms with Crippen LogP contribution in [-0.4, -0.2) is 9.78 Å². The van der Waals surface area contributed by atoms with E-state index in [0.717, 1.165) is 19.4 Å². The van der Waals surface area contributed by atoms with Gasteiger partial charge in [0.1, 0.15) is 0 Å². The summed E-state index contributed by atoms with van der Waals surface area (Å²) in [5, 5.41) is 4.28. The second-order valence-corrected chi connectivity index (χ2v) is 3.62. The fraction of sp³-hybridized carbons (Fsp3) is 0.667. The summed E-state index contributed by atoms with van der Waals surface area (Å²) in [5.41, 5.74) is 8.53. The monoisotopic (exact) mass is 165 g/mol. The number of hydrogen-bond acceptors (Lipinski definition) is 2. The van der Waals surface area contributed by atoms with Crippen LogP contribution in [0.4, 0.5) is 0 Å². The van der Waals surface area contributed by atoms with Crippen molar-refractivity contribution in [3.8, 4) is 0 Å². The van der Waals surface area contributed by atoms with Crippen molar-refractivity contribution in [2.24, 2.45) is 5.73 Å². The number of aromatic nitrogens is 2. The predicted molar refractivity (Wildman–Crippen MR) is 47.7 cm³/mol. The zero-order valence-corrected chi connectivity index (χ0v) is 7.67. The first kappa shape index (κ1) is 7.80. The number of nitrogens with zero attached hydrogens (tertiary/aromatic N) is 2. The van der Waals surface area contributed by atoms with E-state index in [-0.39, 0.29) is 5.54 Å². The molecule has 1 aromatic rings. The second-order valence-electron chi connectivity index (χ2n) is 3.62. The molecular formula is C9H15N3. The second kappa shape index (κ2) is 2.33. The zero-order valence-electron chi connectivity index (χ0n) is 7.67. The third kappa shape index (κ3) is 0.966. The lowest BCUT2D eigenvalue weighted by atomic mass is 10.1. The van der Waals surface area contributed by atoms with Crippen molar-refractivity contribution >= 4 is 0 Å². The van der Waals surface area contributed by atoms with Gasteiger partial charge in [-0.15, -0.1) is 0 Å². The van der Waals surface area contributed by atoms with Gasteiger partial charge < -0.3 is 5.73 Å². The van der Waals surface area contributed by atoms with Crippen molar-refractivity contribution in [1.29, 1.82) is 0 Å². The minimum absolute atomic E-state index is 0.0303. The predicted octanol–water partition coefficient (Wildman–Crippen LogP) is 1.16. The molecule has 0 spiro atoms. The molecular weight excluding hydrogens is 150 g/mol. The van der Waals surface area contributed by atoms with E-state index >= 15 is 0 Å². The average Bonchev–Trinajstić information content (AvgIpc) is 2.65. The maximum absolute atomic E-state index is 6.08. The van der Waals surface area contributed by atoms with E-state index in [0.29, 0.717) is 0 Å². The van der Waals surface area contributed by atoms with Crippen molar-refractivity contribution < 1.29 is 0 Å². The number of hydrogen-bond donors (Lipinski definition) is 1. The standard InChI is InChI=1S/C9H15N3/c1-3-12-7(2)8(6-11-12)9(10)4-5-9/h6H,3-5,10H2,1-2H3. The first-order valence-electron chi connectivity index (χ1n) is 4.49. The smallest absolute Gasteiger partial charge is 0.0543 e. The first-order chi connectivity index (χ1) is 5.67. The molecule has 0 amide bonds. The Balaban J connectivity index is 2.39. The van der Waals surface area contributed by atoms with Crippen LogP contribution in [0.5, 0.6) is 0 Å². The molecule has 1 heterocycles. The summed E-state index contributed by atoms with van der Waals surface area (Å²) in [4.78, 5) is 0. The summed E-state index contributed by atoms with van der Waals surface area (Å²) in [7, 11) is 0. The molecule has 2 rings (SSSR count). The zero-order chi connectivity index (χ0) is 8.77. The first-order valence-corrected chi connectivity index (χ1v) is 4.49. The van der Waals surface area contributed by atoms with E-state index in [1.807, 2.05) is 10.9 Å². The molecule has 3 nitrogen and oxygen atoms in total. The number of nitrogens with two attached hydrogens (primary N) is 1. The van der Waals surface area contributed by atoms with Gasteiger partial charge in [0.05, 0.1) is 6.20 Å². The molecule has 0 aromatic carbocycles. The fourth-order valence-corrected chi connectivity index (χ4v) is 1.66. The molecule has 0 bridgehead atoms. The summed E-state index contributed by atoms with van der Waals surface area (Å²) in [6, 6.07) is 0. The topological polar surface area (TPSA) is 43.8 Å². The highest BCUT2D eigenvalue weighted by molar-refractivity contribution is 5.30. The van der Waals surface area contributed by atoms with E-state index < -0.39 is 0 Å². The quantitative estimate of drug-likeness (QED) is 0.714. The van der Waals surface area contributed by atoms with Crippen LogP contribution in [0.1, 0.15) is 31.0 Å². The molecule has 0 unspecified atom stereocenters. The molecule has 0 saturated heterocycles. The van der Waals surface area contributed by atoms with Crippen LogP contribution in [0.25, 0.3) is 0 Å². The molecule has 3 heteroatoms. The molecule has 0 atom stereocenters. The maximum Gasteiger partial charge on any atom is 0.0543 e. The molecule has 1 saturated carbocycles. The van der Waals surface area contributed by atoms with E-state index in [4.69, 9.17) is 5.73 Å². The summed E-state index contributed by atoms with van der Waals surface area (Å²) in [6.07, 6.45) is 4.15. The van der Waals surface area contributed by atoms with Crippen molar-refractivity contribution in [3.63, 3.8) is 0 Å². The summed E-state index contributed by atoms with van der Waals surface area (Å²) in [6.45, 7) is 5.13. The van der Waals surface area contributed by atoms with Crippen LogP contribution in [0.2, 0.25) is 0 Å². The lowest BCUT2D eigenvalue weighted by Crippen LogP contribution is -2.19. The van der Waals surface area contributed by atoms with Crippen LogP contribution < -0.4 is 5.73 Å². The largest absolute Gasteiger partial charge is 0.321 e. The van der Waals surface area contributed by atoms with Crippen LogP contribution in [0.15, 0.2) is 6.20 Å². The minimum atomic E-state index is -0.0303. The van der Waals surface area contributed by atoms with Gasteiger partial charge in [-0.25, -0.2) is 0 Å². The van der Waals surface area contributed by atoms with Gasteiger partial charge in [-0.3, -0.25) is 4.68 Å². The molecule has 66 valence electrons. The number of aryl methyl sites for hydroxylation is 1. The van der Waals surface area contributed by atoms with Gasteiger partial charge in [0.2, 0.25) is 0 Å². The average molecular weight is 165 g/mol. The molecule has 0 aliphatic heterocycles. The Morgan fingerprint density at radius 1 is 1.67 bits per heavy atom. The van der Waals surface area contributed by atoms with Crippen LogP contribution in [0.3, 0.4) is 0 Å². The third-order valence-electron chi connectivity index (χ3n) is 2.73. The Hall–Kier alpha value is -0.830. The van der Waals surface area contributed by atoms with Crippen LogP contribution in [0, 0.1) is 6.92 Å². The SMILES string of the molecule is CCn1ncc(C2(N)CC2)c1C. The lowest BCUT2D eigenvalue weighted by Gasteiger charge is -2.07. The fourth-order valence-electron chi connectivity index (χ4n) is 1.66. The maximum atomic E-state index is 6.08. The Labute approximate surface area is 72.6 Å². The lowest BCUT2D eigenvalue weighted by molar-refractivity contribution is 0.633. The number of rotatable bonds is 2. The van der Waals surface area contributed by atoms with Crippen LogP contribution in [-0.2, 0) is 12.1 Å². The van der Waals surface area contributed by atoms with Gasteiger partial charge >= 0.3 is 0 Å². The van der Waals surface area contributed by atoms with Gasteiger partial charge in [0.15, 0.2) is 0 Å². The summed E-state index contributed by atoms with van der Waals surface area (Å²) in [5.74, 6) is 0. The van der Waals surface area contributed by atoms with Crippen molar-refractivity contribution in [1.82, 2.24) is 9.78 Å². The Kier molecular flexibility index (Phi) is 1.51. The summed E-state index contributed by atoms with van der Waals surface area (Å²) >= 11 is 0. The van der Waals surface area contributed by atoms with Crippen molar-refractivity contribution in [3.05, 3.63) is 17.5 Å². The van der Waals surface area contributed by atoms with Gasteiger partial charge in [-0.05, 0) is 26.7 Å². The highest BCUT2D eigenvalue weighted by Crippen LogP contribution is 2.43. The van der Waals surface area contributed by atoms with E-state index in [9.17, 15) is 0 Å². The summed E-state index contributed by atoms with van der Waals surface area (Å²) < 4.78 is 2.00. The highest BCUT2D eigenvalue weighted by atomic mass is 15.3. The Morgan fingerprint density at radius 2 is 2.33 bits per heavy atom. The molecule has 1 fully saturated rings. The van der Waals surface area contributed by atoms with Gasteiger partial charge in [0, 0.05) is 23.3 Å². The molecule has 12 heavy (non-hydrogen) atoms. The molecule has 2 N–H and O–H groups in total. The van der Waals surface area contributed by atoms with Crippen LogP contribution >= 0.6 is 0 Å². The molecule has 1 aromatic heterocycles. The van der Waals surface area contributed by atoms with Gasteiger partial charge in [0.25, 0.3) is 0 Å². The van der Waals surface area contributed by atoms with E-state index in [1.54, 1.807) is 0 Å². The van der Waals surface area contributed by atoms with E-state index in [1.165, 1.54) is 11.3 Å².